The van der Waals surface area contributed by atoms with E-state index >= 15 is 0 Å². The van der Waals surface area contributed by atoms with Gasteiger partial charge in [-0.1, -0.05) is 18.2 Å². The number of alkyl halides is 3. The molecule has 5 rings (SSSR count). The Hall–Kier alpha value is -4.41. The number of aromatic nitrogens is 4. The Labute approximate surface area is 209 Å². The molecule has 2 aromatic heterocycles. The summed E-state index contributed by atoms with van der Waals surface area (Å²) in [6, 6.07) is 10.1. The fraction of sp³-hybridized carbons (Fsp3) is 0.231. The molecule has 11 heteroatoms. The van der Waals surface area contributed by atoms with Gasteiger partial charge in [-0.05, 0) is 55.3 Å². The van der Waals surface area contributed by atoms with Crippen LogP contribution in [0, 0.1) is 5.92 Å². The molecule has 2 N–H and O–H groups in total. The summed E-state index contributed by atoms with van der Waals surface area (Å²) in [7, 11) is 1.34. The number of H-pyrrole nitrogens is 1. The van der Waals surface area contributed by atoms with Crippen LogP contribution >= 0.6 is 0 Å². The predicted octanol–water partition coefficient (Wildman–Crippen LogP) is 5.80. The van der Waals surface area contributed by atoms with Crippen molar-refractivity contribution in [3.05, 3.63) is 66.3 Å². The van der Waals surface area contributed by atoms with E-state index in [2.05, 4.69) is 15.3 Å². The number of ether oxygens (including phenoxy) is 2. The van der Waals surface area contributed by atoms with E-state index in [0.29, 0.717) is 47.0 Å². The second kappa shape index (κ2) is 9.57. The quantitative estimate of drug-likeness (QED) is 0.317. The zero-order valence-electron chi connectivity index (χ0n) is 19.9. The summed E-state index contributed by atoms with van der Waals surface area (Å²) in [5, 5.41) is 3.87. The minimum Gasteiger partial charge on any atom is -0.494 e. The number of fused-ring (bicyclic) bond motifs is 2. The van der Waals surface area contributed by atoms with Crippen LogP contribution in [0.4, 0.5) is 24.7 Å². The number of esters is 1. The molecule has 8 nitrogen and oxygen atoms in total. The van der Waals surface area contributed by atoms with E-state index in [-0.39, 0.29) is 17.0 Å². The Balaban J connectivity index is 1.57. The fourth-order valence-corrected chi connectivity index (χ4v) is 4.12. The van der Waals surface area contributed by atoms with E-state index < -0.39 is 17.9 Å². The van der Waals surface area contributed by atoms with Crippen molar-refractivity contribution in [3.8, 4) is 5.75 Å². The van der Waals surface area contributed by atoms with Gasteiger partial charge in [-0.15, -0.1) is 0 Å². The summed E-state index contributed by atoms with van der Waals surface area (Å²) in [5.41, 5.74) is 2.30. The van der Waals surface area contributed by atoms with Crippen LogP contribution in [-0.4, -0.2) is 39.6 Å². The van der Waals surface area contributed by atoms with E-state index in [9.17, 15) is 18.0 Å². The number of carbonyl (C=O) groups is 1. The van der Waals surface area contributed by atoms with Gasteiger partial charge in [-0.25, -0.2) is 15.0 Å². The molecule has 190 valence electrons. The van der Waals surface area contributed by atoms with Gasteiger partial charge >= 0.3 is 12.1 Å². The molecule has 1 aliphatic carbocycles. The van der Waals surface area contributed by atoms with Gasteiger partial charge < -0.3 is 19.8 Å². The lowest BCUT2D eigenvalue weighted by Gasteiger charge is -2.17. The van der Waals surface area contributed by atoms with Gasteiger partial charge in [-0.2, -0.15) is 13.2 Å². The average Bonchev–Trinajstić information content (AvgIpc) is 3.33. The molecule has 0 aliphatic heterocycles. The first-order valence-electron chi connectivity index (χ1n) is 11.5. The highest BCUT2D eigenvalue weighted by Gasteiger charge is 2.34. The molecule has 37 heavy (non-hydrogen) atoms. The number of aromatic amines is 1. The van der Waals surface area contributed by atoms with Gasteiger partial charge in [0.25, 0.3) is 0 Å². The minimum absolute atomic E-state index is 0.192. The molecule has 2 aromatic carbocycles. The van der Waals surface area contributed by atoms with Crippen molar-refractivity contribution in [1.29, 1.82) is 0 Å². The number of imidazole rings is 1. The molecule has 4 aromatic rings. The van der Waals surface area contributed by atoms with Gasteiger partial charge in [0, 0.05) is 11.1 Å². The monoisotopic (exact) mass is 509 g/mol. The van der Waals surface area contributed by atoms with E-state index in [0.717, 1.165) is 5.57 Å². The highest BCUT2D eigenvalue weighted by atomic mass is 19.4. The highest BCUT2D eigenvalue weighted by Crippen LogP contribution is 2.34. The first-order valence-corrected chi connectivity index (χ1v) is 11.5. The number of rotatable bonds is 6. The van der Waals surface area contributed by atoms with Crippen LogP contribution in [0.5, 0.6) is 5.75 Å². The third-order valence-electron chi connectivity index (χ3n) is 5.86. The molecule has 0 radical (unpaired) electrons. The maximum Gasteiger partial charge on any atom is 0.449 e. The van der Waals surface area contributed by atoms with Crippen LogP contribution in [0.15, 0.2) is 54.6 Å². The summed E-state index contributed by atoms with van der Waals surface area (Å²) in [5.74, 6) is -0.395. The topological polar surface area (TPSA) is 102 Å². The standard InChI is InChI=1S/C26H22F3N5O3/c1-3-37-17-8-10-19-18(13-17)23(34-22(31-19)14-5-4-6-15(11-14)24(35)36-2)30-16-7-9-20-21(12-16)33-25(32-20)26(27,28)29/h4-10,12-13,15H,3,11H2,1-2H3,(H,32,33)(H,30,31,34). The zero-order valence-corrected chi connectivity index (χ0v) is 19.9. The van der Waals surface area contributed by atoms with Gasteiger partial charge in [0.15, 0.2) is 5.82 Å². The van der Waals surface area contributed by atoms with E-state index in [4.69, 9.17) is 19.4 Å². The van der Waals surface area contributed by atoms with E-state index in [1.54, 1.807) is 36.4 Å². The lowest BCUT2D eigenvalue weighted by atomic mass is 9.94. The maximum absolute atomic E-state index is 13.1. The highest BCUT2D eigenvalue weighted by molar-refractivity contribution is 5.94. The Morgan fingerprint density at radius 2 is 1.95 bits per heavy atom. The molecule has 0 spiro atoms. The number of nitrogens with zero attached hydrogens (tertiary/aromatic N) is 3. The van der Waals surface area contributed by atoms with Gasteiger partial charge in [0.1, 0.15) is 11.6 Å². The van der Waals surface area contributed by atoms with Crippen molar-refractivity contribution in [2.24, 2.45) is 5.92 Å². The number of hydrogen-bond donors (Lipinski definition) is 2. The van der Waals surface area contributed by atoms with Crippen LogP contribution in [0.25, 0.3) is 27.5 Å². The fourth-order valence-electron chi connectivity index (χ4n) is 4.12. The Kier molecular flexibility index (Phi) is 6.28. The molecule has 1 aliphatic rings. The lowest BCUT2D eigenvalue weighted by Crippen LogP contribution is -2.16. The van der Waals surface area contributed by atoms with Crippen molar-refractivity contribution in [3.63, 3.8) is 0 Å². The van der Waals surface area contributed by atoms with Crippen molar-refractivity contribution < 1.29 is 27.4 Å². The maximum atomic E-state index is 13.1. The largest absolute Gasteiger partial charge is 0.494 e. The first kappa shape index (κ1) is 24.3. The minimum atomic E-state index is -4.58. The molecule has 1 unspecified atom stereocenters. The molecule has 0 fully saturated rings. The summed E-state index contributed by atoms with van der Waals surface area (Å²) >= 11 is 0. The Morgan fingerprint density at radius 3 is 2.70 bits per heavy atom. The zero-order chi connectivity index (χ0) is 26.2. The first-order chi connectivity index (χ1) is 17.7. The third kappa shape index (κ3) is 4.97. The number of methoxy groups -OCH3 is 1. The molecular weight excluding hydrogens is 487 g/mol. The number of anilines is 2. The van der Waals surface area contributed by atoms with Crippen LogP contribution in [0.1, 0.15) is 25.0 Å². The number of allylic oxidation sites excluding steroid dienone is 3. The second-order valence-electron chi connectivity index (χ2n) is 8.36. The molecule has 0 amide bonds. The number of benzene rings is 2. The van der Waals surface area contributed by atoms with E-state index in [1.807, 2.05) is 13.0 Å². The molecular formula is C26H22F3N5O3. The van der Waals surface area contributed by atoms with Gasteiger partial charge in [0.05, 0.1) is 36.2 Å². The van der Waals surface area contributed by atoms with Crippen molar-refractivity contribution in [1.82, 2.24) is 19.9 Å². The van der Waals surface area contributed by atoms with Crippen molar-refractivity contribution >= 4 is 45.0 Å². The third-order valence-corrected chi connectivity index (χ3v) is 5.86. The molecule has 0 bridgehead atoms. The summed E-state index contributed by atoms with van der Waals surface area (Å²) in [6.45, 7) is 2.35. The predicted molar refractivity (Wildman–Crippen MR) is 132 cm³/mol. The number of halogens is 3. The van der Waals surface area contributed by atoms with Crippen LogP contribution < -0.4 is 10.1 Å². The molecule has 2 heterocycles. The Bertz CT molecular complexity index is 1560. The SMILES string of the molecule is CCOc1ccc2nc(C3=CC=CC(C(=O)OC)C3)nc(Nc3ccc4nc(C(F)(F)F)[nH]c4c3)c2c1. The second-order valence-corrected chi connectivity index (χ2v) is 8.36. The molecule has 0 saturated heterocycles. The van der Waals surface area contributed by atoms with Crippen LogP contribution in [0.2, 0.25) is 0 Å². The lowest BCUT2D eigenvalue weighted by molar-refractivity contribution is -0.144. The molecule has 0 saturated carbocycles. The summed E-state index contributed by atoms with van der Waals surface area (Å²) in [4.78, 5) is 27.5. The number of carbonyl (C=O) groups excluding carboxylic acids is 1. The Morgan fingerprint density at radius 1 is 1.14 bits per heavy atom. The van der Waals surface area contributed by atoms with E-state index in [1.165, 1.54) is 19.2 Å². The smallest absolute Gasteiger partial charge is 0.449 e. The van der Waals surface area contributed by atoms with Crippen molar-refractivity contribution in [2.75, 3.05) is 19.0 Å². The molecule has 1 atom stereocenters. The number of nitrogens with one attached hydrogen (secondary N) is 2. The van der Waals surface area contributed by atoms with Crippen LogP contribution in [-0.2, 0) is 15.7 Å². The van der Waals surface area contributed by atoms with Gasteiger partial charge in [0.2, 0.25) is 5.82 Å². The number of hydrogen-bond acceptors (Lipinski definition) is 7. The van der Waals surface area contributed by atoms with Crippen molar-refractivity contribution in [2.45, 2.75) is 19.5 Å². The van der Waals surface area contributed by atoms with Crippen LogP contribution in [0.3, 0.4) is 0 Å². The average molecular weight is 509 g/mol. The normalized spacial score (nSPS) is 15.6. The van der Waals surface area contributed by atoms with Gasteiger partial charge in [-0.3, -0.25) is 4.79 Å². The summed E-state index contributed by atoms with van der Waals surface area (Å²) < 4.78 is 49.8. The summed E-state index contributed by atoms with van der Waals surface area (Å²) in [6.07, 6.45) is 1.16.